The maximum Gasteiger partial charge on any atom is 0.243 e. The predicted molar refractivity (Wildman–Crippen MR) is 79.1 cm³/mol. The molecule has 0 aliphatic heterocycles. The third kappa shape index (κ3) is 4.19. The summed E-state index contributed by atoms with van der Waals surface area (Å²) < 4.78 is 25.9. The van der Waals surface area contributed by atoms with Crippen LogP contribution in [0.5, 0.6) is 0 Å². The second kappa shape index (κ2) is 7.61. The van der Waals surface area contributed by atoms with Gasteiger partial charge in [-0.3, -0.25) is 4.79 Å². The lowest BCUT2D eigenvalue weighted by molar-refractivity contribution is -0.118. The van der Waals surface area contributed by atoms with E-state index >= 15 is 0 Å². The number of alkyl halides is 1. The maximum absolute atomic E-state index is 12.3. The number of amides is 1. The summed E-state index contributed by atoms with van der Waals surface area (Å²) in [4.78, 5) is 11.3. The lowest BCUT2D eigenvalue weighted by atomic mass is 10.2. The third-order valence-corrected chi connectivity index (χ3v) is 5.18. The highest BCUT2D eigenvalue weighted by atomic mass is 35.5. The molecule has 1 aromatic rings. The van der Waals surface area contributed by atoms with Crippen LogP contribution in [0, 0.1) is 0 Å². The molecule has 0 radical (unpaired) electrons. The molecule has 0 fully saturated rings. The molecular weight excluding hydrogens is 300 g/mol. The van der Waals surface area contributed by atoms with Crippen LogP contribution in [0.15, 0.2) is 29.2 Å². The fourth-order valence-electron chi connectivity index (χ4n) is 1.74. The quantitative estimate of drug-likeness (QED) is 0.776. The zero-order chi connectivity index (χ0) is 15.2. The van der Waals surface area contributed by atoms with E-state index in [-0.39, 0.29) is 16.7 Å². The summed E-state index contributed by atoms with van der Waals surface area (Å²) in [6, 6.07) is 6.47. The Bertz CT molecular complexity index is 539. The average Bonchev–Trinajstić information content (AvgIpc) is 2.46. The van der Waals surface area contributed by atoms with Crippen molar-refractivity contribution in [1.29, 1.82) is 0 Å². The Morgan fingerprint density at radius 3 is 2.20 bits per heavy atom. The van der Waals surface area contributed by atoms with Crippen LogP contribution in [0.1, 0.15) is 19.4 Å². The molecule has 7 heteroatoms. The Labute approximate surface area is 125 Å². The molecule has 0 aliphatic carbocycles. The fraction of sp³-hybridized carbons (Fsp3) is 0.462. The van der Waals surface area contributed by atoms with E-state index in [0.29, 0.717) is 19.6 Å². The molecule has 0 saturated heterocycles. The summed E-state index contributed by atoms with van der Waals surface area (Å²) in [5, 5.41) is 2.62. The Balaban J connectivity index is 2.83. The Morgan fingerprint density at radius 2 is 1.75 bits per heavy atom. The van der Waals surface area contributed by atoms with Gasteiger partial charge in [0.15, 0.2) is 0 Å². The molecule has 5 nitrogen and oxygen atoms in total. The largest absolute Gasteiger partial charge is 0.351 e. The number of hydrogen-bond donors (Lipinski definition) is 1. The van der Waals surface area contributed by atoms with Crippen LogP contribution >= 0.6 is 11.6 Å². The van der Waals surface area contributed by atoms with Crippen molar-refractivity contribution >= 4 is 27.5 Å². The maximum atomic E-state index is 12.3. The summed E-state index contributed by atoms with van der Waals surface area (Å²) in [5.74, 6) is -0.347. The van der Waals surface area contributed by atoms with Gasteiger partial charge in [-0.05, 0) is 17.7 Å². The molecule has 0 saturated carbocycles. The number of nitrogens with one attached hydrogen (secondary N) is 1. The summed E-state index contributed by atoms with van der Waals surface area (Å²) >= 11 is 5.37. The molecular formula is C13H19ClN2O3S. The van der Waals surface area contributed by atoms with E-state index in [1.165, 1.54) is 4.31 Å². The molecule has 0 aliphatic rings. The van der Waals surface area contributed by atoms with E-state index in [9.17, 15) is 13.2 Å². The molecule has 112 valence electrons. The van der Waals surface area contributed by atoms with Crippen LogP contribution in [0.3, 0.4) is 0 Å². The standard InChI is InChI=1S/C13H19ClN2O3S/c1-3-16(4-2)20(18,19)12-7-5-11(6-8-12)10-15-13(17)9-14/h5-8H,3-4,9-10H2,1-2H3,(H,15,17). The molecule has 20 heavy (non-hydrogen) atoms. The van der Waals surface area contributed by atoms with Gasteiger partial charge in [0.05, 0.1) is 4.90 Å². The number of carbonyl (C=O) groups excluding carboxylic acids is 1. The molecule has 1 rings (SSSR count). The number of nitrogens with zero attached hydrogens (tertiary/aromatic N) is 1. The Kier molecular flexibility index (Phi) is 6.45. The monoisotopic (exact) mass is 318 g/mol. The predicted octanol–water partition coefficient (Wildman–Crippen LogP) is 1.57. The first kappa shape index (κ1) is 16.9. The van der Waals surface area contributed by atoms with Gasteiger partial charge in [-0.15, -0.1) is 11.6 Å². The van der Waals surface area contributed by atoms with Crippen LogP contribution < -0.4 is 5.32 Å². The van der Waals surface area contributed by atoms with E-state index in [1.54, 1.807) is 38.1 Å². The number of rotatable bonds is 7. The second-order valence-corrected chi connectivity index (χ2v) is 6.35. The van der Waals surface area contributed by atoms with Gasteiger partial charge >= 0.3 is 0 Å². The van der Waals surface area contributed by atoms with Crippen molar-refractivity contribution in [1.82, 2.24) is 9.62 Å². The van der Waals surface area contributed by atoms with Crippen molar-refractivity contribution < 1.29 is 13.2 Å². The molecule has 1 aromatic carbocycles. The third-order valence-electron chi connectivity index (χ3n) is 2.88. The van der Waals surface area contributed by atoms with Crippen molar-refractivity contribution in [3.8, 4) is 0 Å². The van der Waals surface area contributed by atoms with E-state index in [0.717, 1.165) is 5.56 Å². The molecule has 0 spiro atoms. The zero-order valence-corrected chi connectivity index (χ0v) is 13.2. The van der Waals surface area contributed by atoms with Gasteiger partial charge < -0.3 is 5.32 Å². The van der Waals surface area contributed by atoms with Crippen LogP contribution in [0.25, 0.3) is 0 Å². The van der Waals surface area contributed by atoms with Crippen LogP contribution in [-0.4, -0.2) is 37.6 Å². The number of carbonyl (C=O) groups is 1. The first-order valence-electron chi connectivity index (χ1n) is 6.37. The van der Waals surface area contributed by atoms with Crippen molar-refractivity contribution in [2.75, 3.05) is 19.0 Å². The normalized spacial score (nSPS) is 11.6. The highest BCUT2D eigenvalue weighted by Crippen LogP contribution is 2.16. The van der Waals surface area contributed by atoms with Crippen molar-refractivity contribution in [2.24, 2.45) is 0 Å². The first-order chi connectivity index (χ1) is 9.45. The van der Waals surface area contributed by atoms with Gasteiger partial charge in [0.1, 0.15) is 5.88 Å². The Morgan fingerprint density at radius 1 is 1.20 bits per heavy atom. The van der Waals surface area contributed by atoms with Gasteiger partial charge in [-0.1, -0.05) is 26.0 Å². The van der Waals surface area contributed by atoms with Crippen molar-refractivity contribution in [3.63, 3.8) is 0 Å². The molecule has 1 amide bonds. The summed E-state index contributed by atoms with van der Waals surface area (Å²) in [6.07, 6.45) is 0. The van der Waals surface area contributed by atoms with Gasteiger partial charge in [0, 0.05) is 19.6 Å². The number of hydrogen-bond acceptors (Lipinski definition) is 3. The van der Waals surface area contributed by atoms with E-state index in [4.69, 9.17) is 11.6 Å². The number of sulfonamides is 1. The molecule has 0 heterocycles. The highest BCUT2D eigenvalue weighted by Gasteiger charge is 2.20. The second-order valence-electron chi connectivity index (χ2n) is 4.14. The molecule has 1 N–H and O–H groups in total. The molecule has 0 aromatic heterocycles. The summed E-state index contributed by atoms with van der Waals surface area (Å²) in [7, 11) is -3.43. The van der Waals surface area contributed by atoms with Crippen LogP contribution in [0.4, 0.5) is 0 Å². The number of halogens is 1. The van der Waals surface area contributed by atoms with E-state index in [1.807, 2.05) is 0 Å². The molecule has 0 unspecified atom stereocenters. The van der Waals surface area contributed by atoms with Crippen LogP contribution in [-0.2, 0) is 21.4 Å². The molecule has 0 atom stereocenters. The molecule has 0 bridgehead atoms. The highest BCUT2D eigenvalue weighted by molar-refractivity contribution is 7.89. The van der Waals surface area contributed by atoms with Crippen LogP contribution in [0.2, 0.25) is 0 Å². The number of benzene rings is 1. The van der Waals surface area contributed by atoms with E-state index < -0.39 is 10.0 Å². The van der Waals surface area contributed by atoms with E-state index in [2.05, 4.69) is 5.32 Å². The van der Waals surface area contributed by atoms with Gasteiger partial charge in [0.2, 0.25) is 15.9 Å². The van der Waals surface area contributed by atoms with Gasteiger partial charge in [-0.2, -0.15) is 4.31 Å². The topological polar surface area (TPSA) is 66.5 Å². The summed E-state index contributed by atoms with van der Waals surface area (Å²) in [6.45, 7) is 4.81. The minimum Gasteiger partial charge on any atom is -0.351 e. The van der Waals surface area contributed by atoms with Crippen molar-refractivity contribution in [3.05, 3.63) is 29.8 Å². The zero-order valence-electron chi connectivity index (χ0n) is 11.6. The minimum absolute atomic E-state index is 0.0889. The fourth-order valence-corrected chi connectivity index (χ4v) is 3.29. The first-order valence-corrected chi connectivity index (χ1v) is 8.34. The lowest BCUT2D eigenvalue weighted by Crippen LogP contribution is -2.30. The van der Waals surface area contributed by atoms with Gasteiger partial charge in [0.25, 0.3) is 0 Å². The van der Waals surface area contributed by atoms with Crippen molar-refractivity contribution in [2.45, 2.75) is 25.3 Å². The summed E-state index contributed by atoms with van der Waals surface area (Å²) in [5.41, 5.74) is 0.821. The lowest BCUT2D eigenvalue weighted by Gasteiger charge is -2.18. The smallest absolute Gasteiger partial charge is 0.243 e. The SMILES string of the molecule is CCN(CC)S(=O)(=O)c1ccc(CNC(=O)CCl)cc1. The minimum atomic E-state index is -3.43. The van der Waals surface area contributed by atoms with Gasteiger partial charge in [-0.25, -0.2) is 8.42 Å². The Hall–Kier alpha value is -1.11. The average molecular weight is 319 g/mol.